The van der Waals surface area contributed by atoms with Crippen LogP contribution in [0.25, 0.3) is 0 Å². The zero-order chi connectivity index (χ0) is 9.27. The van der Waals surface area contributed by atoms with Crippen LogP contribution in [0.5, 0.6) is 0 Å². The molecule has 1 heteroatoms. The molecule has 0 radical (unpaired) electrons. The van der Waals surface area contributed by atoms with Crippen LogP contribution in [0, 0.1) is 23.2 Å². The maximum atomic E-state index is 10.2. The van der Waals surface area contributed by atoms with Gasteiger partial charge in [-0.15, -0.1) is 0 Å². The van der Waals surface area contributed by atoms with Crippen molar-refractivity contribution in [1.29, 1.82) is 0 Å². The van der Waals surface area contributed by atoms with Crippen LogP contribution in [0.2, 0.25) is 0 Å². The van der Waals surface area contributed by atoms with E-state index in [4.69, 9.17) is 0 Å². The Kier molecular flexibility index (Phi) is 1.36. The minimum absolute atomic E-state index is 0.215. The molecular weight excluding hydrogens is 160 g/mol. The lowest BCUT2D eigenvalue weighted by Crippen LogP contribution is -2.55. The largest absolute Gasteiger partial charge is 0.390 e. The predicted molar refractivity (Wildman–Crippen MR) is 52.3 cm³/mol. The van der Waals surface area contributed by atoms with Crippen molar-refractivity contribution < 1.29 is 5.11 Å². The van der Waals surface area contributed by atoms with Gasteiger partial charge in [-0.05, 0) is 55.3 Å². The Morgan fingerprint density at radius 2 is 1.77 bits per heavy atom. The average Bonchev–Trinajstić information content (AvgIpc) is 2.85. The highest BCUT2D eigenvalue weighted by Crippen LogP contribution is 2.66. The molecule has 3 unspecified atom stereocenters. The fraction of sp³-hybridized carbons (Fsp3) is 1.00. The number of aliphatic hydroxyl groups is 1. The van der Waals surface area contributed by atoms with Gasteiger partial charge >= 0.3 is 0 Å². The molecule has 0 saturated heterocycles. The highest BCUT2D eigenvalue weighted by Gasteiger charge is 2.62. The fourth-order valence-electron chi connectivity index (χ4n) is 3.95. The first-order valence-electron chi connectivity index (χ1n) is 5.76. The summed E-state index contributed by atoms with van der Waals surface area (Å²) in [6, 6.07) is 0. The van der Waals surface area contributed by atoms with E-state index in [1.807, 2.05) is 0 Å². The average molecular weight is 180 g/mol. The molecule has 2 bridgehead atoms. The van der Waals surface area contributed by atoms with Gasteiger partial charge in [0.15, 0.2) is 0 Å². The van der Waals surface area contributed by atoms with Gasteiger partial charge in [-0.2, -0.15) is 0 Å². The van der Waals surface area contributed by atoms with Crippen LogP contribution in [-0.2, 0) is 0 Å². The van der Waals surface area contributed by atoms with Gasteiger partial charge < -0.3 is 5.11 Å². The first-order chi connectivity index (χ1) is 6.04. The molecule has 0 spiro atoms. The molecule has 0 aromatic rings. The van der Waals surface area contributed by atoms with Crippen LogP contribution in [0.1, 0.15) is 46.0 Å². The third-order valence-electron chi connectivity index (χ3n) is 5.31. The predicted octanol–water partition coefficient (Wildman–Crippen LogP) is 2.58. The Morgan fingerprint density at radius 1 is 1.08 bits per heavy atom. The van der Waals surface area contributed by atoms with Crippen LogP contribution in [0.4, 0.5) is 0 Å². The Morgan fingerprint density at radius 3 is 2.23 bits per heavy atom. The standard InChI is InChI=1S/C12H20O/c1-11(2)8-3-4-9(10(11)7-8)12(13)5-6-12/h8-10,13H,3-7H2,1-2H3. The molecule has 0 amide bonds. The SMILES string of the molecule is CC1(C)C2CCC(C3(O)CC3)C1C2. The van der Waals surface area contributed by atoms with E-state index >= 15 is 0 Å². The van der Waals surface area contributed by atoms with Gasteiger partial charge in [0.1, 0.15) is 0 Å². The second kappa shape index (κ2) is 2.13. The van der Waals surface area contributed by atoms with Crippen molar-refractivity contribution in [3.63, 3.8) is 0 Å². The minimum atomic E-state index is -0.215. The second-order valence-corrected chi connectivity index (χ2v) is 6.15. The van der Waals surface area contributed by atoms with Gasteiger partial charge in [0.05, 0.1) is 5.60 Å². The lowest BCUT2D eigenvalue weighted by atomic mass is 9.44. The molecule has 4 rings (SSSR count). The maximum absolute atomic E-state index is 10.2. The van der Waals surface area contributed by atoms with Gasteiger partial charge in [-0.3, -0.25) is 0 Å². The van der Waals surface area contributed by atoms with E-state index in [0.29, 0.717) is 11.3 Å². The van der Waals surface area contributed by atoms with Crippen LogP contribution >= 0.6 is 0 Å². The van der Waals surface area contributed by atoms with Gasteiger partial charge in [-0.1, -0.05) is 13.8 Å². The van der Waals surface area contributed by atoms with Crippen molar-refractivity contribution in [2.45, 2.75) is 51.6 Å². The van der Waals surface area contributed by atoms with E-state index in [2.05, 4.69) is 13.8 Å². The third kappa shape index (κ3) is 0.918. The first kappa shape index (κ1) is 8.28. The summed E-state index contributed by atoms with van der Waals surface area (Å²) in [7, 11) is 0. The summed E-state index contributed by atoms with van der Waals surface area (Å²) in [5, 5.41) is 10.2. The first-order valence-corrected chi connectivity index (χ1v) is 5.76. The lowest BCUT2D eigenvalue weighted by molar-refractivity contribution is -0.144. The van der Waals surface area contributed by atoms with Crippen molar-refractivity contribution >= 4 is 0 Å². The maximum Gasteiger partial charge on any atom is 0.0680 e. The van der Waals surface area contributed by atoms with E-state index < -0.39 is 0 Å². The highest BCUT2D eigenvalue weighted by molar-refractivity contribution is 5.12. The Labute approximate surface area is 80.5 Å². The summed E-state index contributed by atoms with van der Waals surface area (Å²) in [6.45, 7) is 4.81. The summed E-state index contributed by atoms with van der Waals surface area (Å²) in [6.07, 6.45) is 6.23. The van der Waals surface area contributed by atoms with Crippen molar-refractivity contribution in [3.05, 3.63) is 0 Å². The van der Waals surface area contributed by atoms with Crippen molar-refractivity contribution in [2.24, 2.45) is 23.2 Å². The van der Waals surface area contributed by atoms with Crippen molar-refractivity contribution in [2.75, 3.05) is 0 Å². The normalized spacial score (nSPS) is 49.6. The molecule has 0 aliphatic heterocycles. The topological polar surface area (TPSA) is 20.2 Å². The number of fused-ring (bicyclic) bond motifs is 2. The van der Waals surface area contributed by atoms with Gasteiger partial charge in [-0.25, -0.2) is 0 Å². The summed E-state index contributed by atoms with van der Waals surface area (Å²) >= 11 is 0. The number of hydrogen-bond acceptors (Lipinski definition) is 1. The van der Waals surface area contributed by atoms with E-state index in [-0.39, 0.29) is 5.60 Å². The molecule has 4 aliphatic carbocycles. The zero-order valence-electron chi connectivity index (χ0n) is 8.71. The van der Waals surface area contributed by atoms with E-state index in [0.717, 1.165) is 24.7 Å². The van der Waals surface area contributed by atoms with E-state index in [1.165, 1.54) is 19.3 Å². The number of rotatable bonds is 1. The summed E-state index contributed by atoms with van der Waals surface area (Å²) in [4.78, 5) is 0. The molecular formula is C12H20O. The summed E-state index contributed by atoms with van der Waals surface area (Å²) in [5.74, 6) is 2.45. The molecule has 1 nitrogen and oxygen atoms in total. The molecule has 1 N–H and O–H groups in total. The lowest BCUT2D eigenvalue weighted by Gasteiger charge is -2.61. The number of hydrogen-bond donors (Lipinski definition) is 1. The molecule has 3 atom stereocenters. The molecule has 74 valence electrons. The molecule has 4 saturated carbocycles. The van der Waals surface area contributed by atoms with Crippen molar-refractivity contribution in [3.8, 4) is 0 Å². The van der Waals surface area contributed by atoms with Crippen LogP contribution in [-0.4, -0.2) is 10.7 Å². The van der Waals surface area contributed by atoms with Gasteiger partial charge in [0.25, 0.3) is 0 Å². The molecule has 0 aromatic heterocycles. The Bertz CT molecular complexity index is 238. The van der Waals surface area contributed by atoms with Crippen LogP contribution < -0.4 is 0 Å². The summed E-state index contributed by atoms with van der Waals surface area (Å²) < 4.78 is 0. The minimum Gasteiger partial charge on any atom is -0.390 e. The second-order valence-electron chi connectivity index (χ2n) is 6.15. The van der Waals surface area contributed by atoms with Gasteiger partial charge in [0, 0.05) is 0 Å². The molecule has 13 heavy (non-hydrogen) atoms. The molecule has 0 aromatic carbocycles. The smallest absolute Gasteiger partial charge is 0.0680 e. The quantitative estimate of drug-likeness (QED) is 0.657. The third-order valence-corrected chi connectivity index (χ3v) is 5.31. The summed E-state index contributed by atoms with van der Waals surface area (Å²) in [5.41, 5.74) is 0.328. The van der Waals surface area contributed by atoms with Crippen LogP contribution in [0.3, 0.4) is 0 Å². The Hall–Kier alpha value is -0.0400. The fourth-order valence-corrected chi connectivity index (χ4v) is 3.95. The molecule has 0 heterocycles. The monoisotopic (exact) mass is 180 g/mol. The Balaban J connectivity index is 1.84. The molecule has 4 aliphatic rings. The zero-order valence-corrected chi connectivity index (χ0v) is 8.71. The molecule has 4 fully saturated rings. The van der Waals surface area contributed by atoms with E-state index in [9.17, 15) is 5.11 Å². The van der Waals surface area contributed by atoms with Gasteiger partial charge in [0.2, 0.25) is 0 Å². The van der Waals surface area contributed by atoms with E-state index in [1.54, 1.807) is 0 Å². The van der Waals surface area contributed by atoms with Crippen molar-refractivity contribution in [1.82, 2.24) is 0 Å². The van der Waals surface area contributed by atoms with Crippen LogP contribution in [0.15, 0.2) is 0 Å². The highest BCUT2D eigenvalue weighted by atomic mass is 16.3.